The highest BCUT2D eigenvalue weighted by Crippen LogP contribution is 2.29. The Hall–Kier alpha value is -1.77. The zero-order chi connectivity index (χ0) is 13.1. The summed E-state index contributed by atoms with van der Waals surface area (Å²) in [5.41, 5.74) is 1.68. The average Bonchev–Trinajstić information content (AvgIpc) is 2.82. The molecule has 0 aliphatic carbocycles. The van der Waals surface area contributed by atoms with Gasteiger partial charge in [0.25, 0.3) is 0 Å². The number of methoxy groups -OCH3 is 1. The molecule has 2 aromatic rings. The number of fused-ring (bicyclic) bond motifs is 1. The van der Waals surface area contributed by atoms with Crippen molar-refractivity contribution in [3.05, 3.63) is 30.0 Å². The van der Waals surface area contributed by atoms with Gasteiger partial charge in [0, 0.05) is 23.7 Å². The summed E-state index contributed by atoms with van der Waals surface area (Å²) in [4.78, 5) is 15.4. The van der Waals surface area contributed by atoms with Gasteiger partial charge in [-0.1, -0.05) is 26.3 Å². The molecule has 0 radical (unpaired) electrons. The Labute approximate surface area is 107 Å². The van der Waals surface area contributed by atoms with E-state index < -0.39 is 0 Å². The lowest BCUT2D eigenvalue weighted by Gasteiger charge is -2.07. The largest absolute Gasteiger partial charge is 0.496 e. The number of ether oxygens (including phenoxy) is 1. The van der Waals surface area contributed by atoms with E-state index in [9.17, 15) is 4.79 Å². The van der Waals surface area contributed by atoms with E-state index in [1.54, 1.807) is 13.3 Å². The molecule has 18 heavy (non-hydrogen) atoms. The highest BCUT2D eigenvalue weighted by molar-refractivity contribution is 6.10. The summed E-state index contributed by atoms with van der Waals surface area (Å²) in [6.45, 7) is 4.21. The predicted octanol–water partition coefficient (Wildman–Crippen LogP) is 3.80. The summed E-state index contributed by atoms with van der Waals surface area (Å²) in [5.74, 6) is 1.35. The summed E-state index contributed by atoms with van der Waals surface area (Å²) >= 11 is 0. The normalized spacial score (nSPS) is 12.6. The van der Waals surface area contributed by atoms with E-state index in [1.165, 1.54) is 0 Å². The van der Waals surface area contributed by atoms with Gasteiger partial charge < -0.3 is 9.72 Å². The maximum Gasteiger partial charge on any atom is 0.165 e. The van der Waals surface area contributed by atoms with Crippen LogP contribution in [0, 0.1) is 5.92 Å². The molecule has 1 unspecified atom stereocenters. The standard InChI is InChI=1S/C15H19NO2/c1-4-10(2)8-13(17)11-9-16-12-6-5-7-14(18-3)15(11)12/h5-7,9-10,16H,4,8H2,1-3H3. The molecule has 1 N–H and O–H groups in total. The molecule has 2 rings (SSSR count). The van der Waals surface area contributed by atoms with E-state index >= 15 is 0 Å². The molecule has 1 atom stereocenters. The number of nitrogens with one attached hydrogen (secondary N) is 1. The second kappa shape index (κ2) is 5.25. The average molecular weight is 245 g/mol. The second-order valence-electron chi connectivity index (χ2n) is 4.73. The second-order valence-corrected chi connectivity index (χ2v) is 4.73. The van der Waals surface area contributed by atoms with E-state index in [1.807, 2.05) is 18.2 Å². The van der Waals surface area contributed by atoms with Gasteiger partial charge in [-0.25, -0.2) is 0 Å². The summed E-state index contributed by atoms with van der Waals surface area (Å²) in [5, 5.41) is 0.897. The number of aromatic amines is 1. The Morgan fingerprint density at radius 1 is 1.44 bits per heavy atom. The number of benzene rings is 1. The van der Waals surface area contributed by atoms with E-state index in [0.29, 0.717) is 12.3 Å². The first-order chi connectivity index (χ1) is 8.67. The molecule has 0 saturated carbocycles. The molecular weight excluding hydrogens is 226 g/mol. The Balaban J connectivity index is 2.42. The molecule has 0 aliphatic heterocycles. The molecule has 1 aromatic heterocycles. The Bertz CT molecular complexity index is 557. The lowest BCUT2D eigenvalue weighted by Crippen LogP contribution is -2.05. The zero-order valence-corrected chi connectivity index (χ0v) is 11.1. The van der Waals surface area contributed by atoms with Crippen LogP contribution in [0.4, 0.5) is 0 Å². The van der Waals surface area contributed by atoms with Gasteiger partial charge in [0.1, 0.15) is 5.75 Å². The van der Waals surface area contributed by atoms with Gasteiger partial charge in [0.15, 0.2) is 5.78 Å². The molecule has 0 spiro atoms. The molecule has 0 saturated heterocycles. The molecule has 3 nitrogen and oxygen atoms in total. The molecule has 0 amide bonds. The summed E-state index contributed by atoms with van der Waals surface area (Å²) < 4.78 is 5.34. The van der Waals surface area contributed by atoms with Crippen LogP contribution in [0.25, 0.3) is 10.9 Å². The monoisotopic (exact) mass is 245 g/mol. The highest BCUT2D eigenvalue weighted by Gasteiger charge is 2.17. The minimum Gasteiger partial charge on any atom is -0.496 e. The maximum atomic E-state index is 12.3. The smallest absolute Gasteiger partial charge is 0.165 e. The van der Waals surface area contributed by atoms with Gasteiger partial charge in [-0.05, 0) is 18.1 Å². The van der Waals surface area contributed by atoms with E-state index in [2.05, 4.69) is 18.8 Å². The van der Waals surface area contributed by atoms with Crippen LogP contribution in [0.1, 0.15) is 37.0 Å². The number of ketones is 1. The molecule has 1 aromatic carbocycles. The van der Waals surface area contributed by atoms with Crippen molar-refractivity contribution in [3.63, 3.8) is 0 Å². The van der Waals surface area contributed by atoms with Crippen molar-refractivity contribution in [2.75, 3.05) is 7.11 Å². The third-order valence-electron chi connectivity index (χ3n) is 3.42. The Kier molecular flexibility index (Phi) is 3.70. The molecule has 1 heterocycles. The van der Waals surface area contributed by atoms with Crippen LogP contribution in [-0.4, -0.2) is 17.9 Å². The van der Waals surface area contributed by atoms with Crippen LogP contribution in [0.5, 0.6) is 5.75 Å². The van der Waals surface area contributed by atoms with Crippen molar-refractivity contribution >= 4 is 16.7 Å². The molecule has 3 heteroatoms. The van der Waals surface area contributed by atoms with Crippen molar-refractivity contribution in [2.45, 2.75) is 26.7 Å². The number of aromatic nitrogens is 1. The Morgan fingerprint density at radius 3 is 2.89 bits per heavy atom. The minimum atomic E-state index is 0.181. The predicted molar refractivity (Wildman–Crippen MR) is 73.3 cm³/mol. The van der Waals surface area contributed by atoms with E-state index in [0.717, 1.165) is 28.6 Å². The van der Waals surface area contributed by atoms with E-state index in [4.69, 9.17) is 4.74 Å². The van der Waals surface area contributed by atoms with Gasteiger partial charge >= 0.3 is 0 Å². The topological polar surface area (TPSA) is 42.1 Å². The summed E-state index contributed by atoms with van der Waals surface area (Å²) in [6, 6.07) is 5.76. The lowest BCUT2D eigenvalue weighted by atomic mass is 9.97. The van der Waals surface area contributed by atoms with Crippen LogP contribution < -0.4 is 4.74 Å². The van der Waals surface area contributed by atoms with Gasteiger partial charge in [-0.2, -0.15) is 0 Å². The number of carbonyl (C=O) groups excluding carboxylic acids is 1. The van der Waals surface area contributed by atoms with E-state index in [-0.39, 0.29) is 5.78 Å². The SMILES string of the molecule is CCC(C)CC(=O)c1c[nH]c2cccc(OC)c12. The van der Waals surface area contributed by atoms with Crippen LogP contribution in [0.3, 0.4) is 0 Å². The molecule has 0 bridgehead atoms. The zero-order valence-electron chi connectivity index (χ0n) is 11.1. The van der Waals surface area contributed by atoms with Crippen molar-refractivity contribution in [3.8, 4) is 5.75 Å². The van der Waals surface area contributed by atoms with Crippen LogP contribution in [0.15, 0.2) is 24.4 Å². The number of hydrogen-bond acceptors (Lipinski definition) is 2. The summed E-state index contributed by atoms with van der Waals surface area (Å²) in [6.07, 6.45) is 3.39. The summed E-state index contributed by atoms with van der Waals surface area (Å²) in [7, 11) is 1.63. The number of hydrogen-bond donors (Lipinski definition) is 1. The molecule has 96 valence electrons. The van der Waals surface area contributed by atoms with Crippen molar-refractivity contribution in [2.24, 2.45) is 5.92 Å². The maximum absolute atomic E-state index is 12.3. The first kappa shape index (κ1) is 12.7. The van der Waals surface area contributed by atoms with Crippen molar-refractivity contribution in [1.82, 2.24) is 4.98 Å². The van der Waals surface area contributed by atoms with Crippen LogP contribution in [0.2, 0.25) is 0 Å². The van der Waals surface area contributed by atoms with Gasteiger partial charge in [-0.3, -0.25) is 4.79 Å². The number of H-pyrrole nitrogens is 1. The van der Waals surface area contributed by atoms with Crippen LogP contribution >= 0.6 is 0 Å². The quantitative estimate of drug-likeness (QED) is 0.814. The lowest BCUT2D eigenvalue weighted by molar-refractivity contribution is 0.0965. The Morgan fingerprint density at radius 2 is 2.22 bits per heavy atom. The fraction of sp³-hybridized carbons (Fsp3) is 0.400. The van der Waals surface area contributed by atoms with Gasteiger partial charge in [0.2, 0.25) is 0 Å². The first-order valence-electron chi connectivity index (χ1n) is 6.34. The van der Waals surface area contributed by atoms with Crippen LogP contribution in [-0.2, 0) is 0 Å². The van der Waals surface area contributed by atoms with Gasteiger partial charge in [-0.15, -0.1) is 0 Å². The third kappa shape index (κ3) is 2.26. The highest BCUT2D eigenvalue weighted by atomic mass is 16.5. The first-order valence-corrected chi connectivity index (χ1v) is 6.34. The van der Waals surface area contributed by atoms with Gasteiger partial charge in [0.05, 0.1) is 12.5 Å². The van der Waals surface area contributed by atoms with Crippen molar-refractivity contribution < 1.29 is 9.53 Å². The number of Topliss-reactive ketones (excluding diaryl/α,β-unsaturated/α-hetero) is 1. The molecular formula is C15H19NO2. The molecule has 0 aliphatic rings. The fourth-order valence-electron chi connectivity index (χ4n) is 2.11. The fourth-order valence-corrected chi connectivity index (χ4v) is 2.11. The molecule has 0 fully saturated rings. The van der Waals surface area contributed by atoms with Crippen molar-refractivity contribution in [1.29, 1.82) is 0 Å². The third-order valence-corrected chi connectivity index (χ3v) is 3.42. The number of carbonyl (C=O) groups is 1. The number of rotatable bonds is 5. The minimum absolute atomic E-state index is 0.181.